The minimum atomic E-state index is -0.199. The summed E-state index contributed by atoms with van der Waals surface area (Å²) in [5, 5.41) is 3.42. The molecule has 1 N–H and O–H groups in total. The van der Waals surface area contributed by atoms with E-state index >= 15 is 0 Å². The van der Waals surface area contributed by atoms with E-state index in [1.165, 1.54) is 11.3 Å². The highest BCUT2D eigenvalue weighted by Gasteiger charge is 2.11. The van der Waals surface area contributed by atoms with Gasteiger partial charge >= 0.3 is 0 Å². The van der Waals surface area contributed by atoms with E-state index < -0.39 is 0 Å². The Hall–Kier alpha value is -2.60. The summed E-state index contributed by atoms with van der Waals surface area (Å²) in [5.41, 5.74) is 1.38. The van der Waals surface area contributed by atoms with Crippen molar-refractivity contribution in [3.05, 3.63) is 48.0 Å². The van der Waals surface area contributed by atoms with E-state index in [4.69, 9.17) is 9.47 Å². The average molecular weight is 370 g/mol. The van der Waals surface area contributed by atoms with Crippen LogP contribution in [0.5, 0.6) is 11.5 Å². The quantitative estimate of drug-likeness (QED) is 0.559. The Kier molecular flexibility index (Phi) is 6.07. The van der Waals surface area contributed by atoms with Crippen molar-refractivity contribution in [1.29, 1.82) is 0 Å². The van der Waals surface area contributed by atoms with Gasteiger partial charge in [-0.15, -0.1) is 0 Å². The predicted molar refractivity (Wildman–Crippen MR) is 106 cm³/mol. The number of nitrogens with zero attached hydrogens (tertiary/aromatic N) is 1. The molecule has 136 valence electrons. The Morgan fingerprint density at radius 3 is 2.85 bits per heavy atom. The first-order valence-corrected chi connectivity index (χ1v) is 9.50. The van der Waals surface area contributed by atoms with Crippen molar-refractivity contribution in [2.24, 2.45) is 0 Å². The van der Waals surface area contributed by atoms with Gasteiger partial charge in [0, 0.05) is 5.56 Å². The first kappa shape index (κ1) is 18.2. The second-order valence-electron chi connectivity index (χ2n) is 5.89. The number of benzene rings is 2. The molecule has 0 aliphatic rings. The summed E-state index contributed by atoms with van der Waals surface area (Å²) < 4.78 is 11.9. The molecule has 0 saturated carbocycles. The first-order valence-electron chi connectivity index (χ1n) is 8.68. The Balaban J connectivity index is 1.67. The van der Waals surface area contributed by atoms with Gasteiger partial charge in [0.1, 0.15) is 11.5 Å². The molecule has 0 spiro atoms. The van der Waals surface area contributed by atoms with Gasteiger partial charge in [-0.2, -0.15) is 0 Å². The van der Waals surface area contributed by atoms with Gasteiger partial charge in [0.25, 0.3) is 5.91 Å². The third kappa shape index (κ3) is 4.52. The van der Waals surface area contributed by atoms with Crippen LogP contribution in [0.4, 0.5) is 5.13 Å². The summed E-state index contributed by atoms with van der Waals surface area (Å²) in [6, 6.07) is 12.9. The van der Waals surface area contributed by atoms with Crippen molar-refractivity contribution in [1.82, 2.24) is 4.98 Å². The average Bonchev–Trinajstić information content (AvgIpc) is 3.06. The van der Waals surface area contributed by atoms with Crippen LogP contribution in [0.2, 0.25) is 0 Å². The molecule has 0 radical (unpaired) electrons. The second kappa shape index (κ2) is 8.67. The number of amides is 1. The third-order valence-corrected chi connectivity index (χ3v) is 4.86. The minimum absolute atomic E-state index is 0.199. The third-order valence-electron chi connectivity index (χ3n) is 3.93. The lowest BCUT2D eigenvalue weighted by molar-refractivity contribution is 0.102. The van der Waals surface area contributed by atoms with Gasteiger partial charge in [0.05, 0.1) is 23.9 Å². The molecular weight excluding hydrogens is 348 g/mol. The lowest BCUT2D eigenvalue weighted by atomic mass is 10.2. The summed E-state index contributed by atoms with van der Waals surface area (Å²) in [6.07, 6.45) is 3.31. The number of aromatic nitrogens is 1. The number of hydrogen-bond donors (Lipinski definition) is 1. The Labute approximate surface area is 157 Å². The fraction of sp³-hybridized carbons (Fsp3) is 0.300. The lowest BCUT2D eigenvalue weighted by Crippen LogP contribution is -2.11. The predicted octanol–water partition coefficient (Wildman–Crippen LogP) is 5.13. The molecule has 0 saturated heterocycles. The van der Waals surface area contributed by atoms with Crippen molar-refractivity contribution in [2.75, 3.05) is 19.0 Å². The number of carbonyl (C=O) groups is 1. The fourth-order valence-electron chi connectivity index (χ4n) is 2.52. The number of anilines is 1. The standard InChI is InChI=1S/C20H22N2O3S/c1-3-4-5-11-25-16-8-6-7-14(12-16)19(23)22-20-21-17-10-9-15(24-2)13-18(17)26-20/h6-10,12-13H,3-5,11H2,1-2H3,(H,21,22,23). The van der Waals surface area contributed by atoms with E-state index in [0.717, 1.165) is 35.2 Å². The molecular formula is C20H22N2O3S. The highest BCUT2D eigenvalue weighted by molar-refractivity contribution is 7.22. The van der Waals surface area contributed by atoms with Crippen molar-refractivity contribution < 1.29 is 14.3 Å². The molecule has 1 amide bonds. The maximum absolute atomic E-state index is 12.5. The topological polar surface area (TPSA) is 60.5 Å². The summed E-state index contributed by atoms with van der Waals surface area (Å²) in [4.78, 5) is 17.0. The number of ether oxygens (including phenoxy) is 2. The van der Waals surface area contributed by atoms with Crippen molar-refractivity contribution in [3.63, 3.8) is 0 Å². The van der Waals surface area contributed by atoms with Gasteiger partial charge in [0.2, 0.25) is 0 Å². The zero-order chi connectivity index (χ0) is 18.4. The zero-order valence-corrected chi connectivity index (χ0v) is 15.8. The highest BCUT2D eigenvalue weighted by atomic mass is 32.1. The van der Waals surface area contributed by atoms with Crippen LogP contribution < -0.4 is 14.8 Å². The molecule has 0 aliphatic heterocycles. The molecule has 6 heteroatoms. The lowest BCUT2D eigenvalue weighted by Gasteiger charge is -2.07. The first-order chi connectivity index (χ1) is 12.7. The van der Waals surface area contributed by atoms with Crippen LogP contribution >= 0.6 is 11.3 Å². The molecule has 0 aliphatic carbocycles. The van der Waals surface area contributed by atoms with Crippen LogP contribution in [-0.2, 0) is 0 Å². The minimum Gasteiger partial charge on any atom is -0.497 e. The van der Waals surface area contributed by atoms with Gasteiger partial charge in [-0.1, -0.05) is 37.2 Å². The number of carbonyl (C=O) groups excluding carboxylic acids is 1. The van der Waals surface area contributed by atoms with Crippen LogP contribution in [-0.4, -0.2) is 24.6 Å². The number of fused-ring (bicyclic) bond motifs is 1. The summed E-state index contributed by atoms with van der Waals surface area (Å²) in [6.45, 7) is 2.82. The highest BCUT2D eigenvalue weighted by Crippen LogP contribution is 2.29. The van der Waals surface area contributed by atoms with E-state index in [1.807, 2.05) is 30.3 Å². The van der Waals surface area contributed by atoms with E-state index in [0.29, 0.717) is 23.1 Å². The molecule has 0 bridgehead atoms. The van der Waals surface area contributed by atoms with E-state index in [9.17, 15) is 4.79 Å². The largest absolute Gasteiger partial charge is 0.497 e. The smallest absolute Gasteiger partial charge is 0.257 e. The SMILES string of the molecule is CCCCCOc1cccc(C(=O)Nc2nc3ccc(OC)cc3s2)c1. The van der Waals surface area contributed by atoms with Crippen molar-refractivity contribution in [2.45, 2.75) is 26.2 Å². The molecule has 2 aromatic carbocycles. The van der Waals surface area contributed by atoms with Crippen LogP contribution in [0, 0.1) is 0 Å². The molecule has 0 atom stereocenters. The summed E-state index contributed by atoms with van der Waals surface area (Å²) >= 11 is 1.42. The van der Waals surface area contributed by atoms with Gasteiger partial charge in [-0.3, -0.25) is 10.1 Å². The second-order valence-corrected chi connectivity index (χ2v) is 6.92. The number of methoxy groups -OCH3 is 1. The van der Waals surface area contributed by atoms with Crippen LogP contribution in [0.15, 0.2) is 42.5 Å². The monoisotopic (exact) mass is 370 g/mol. The van der Waals surface area contributed by atoms with Gasteiger partial charge in [-0.05, 0) is 42.8 Å². The van der Waals surface area contributed by atoms with Gasteiger partial charge in [-0.25, -0.2) is 4.98 Å². The molecule has 0 fully saturated rings. The van der Waals surface area contributed by atoms with Gasteiger partial charge < -0.3 is 9.47 Å². The van der Waals surface area contributed by atoms with E-state index in [1.54, 1.807) is 19.2 Å². The fourth-order valence-corrected chi connectivity index (χ4v) is 3.41. The molecule has 3 rings (SSSR count). The van der Waals surface area contributed by atoms with Crippen molar-refractivity contribution >= 4 is 32.6 Å². The number of unbranched alkanes of at least 4 members (excludes halogenated alkanes) is 2. The Morgan fingerprint density at radius 2 is 2.04 bits per heavy atom. The van der Waals surface area contributed by atoms with Crippen LogP contribution in [0.3, 0.4) is 0 Å². The van der Waals surface area contributed by atoms with E-state index in [-0.39, 0.29) is 5.91 Å². The number of thiazole rings is 1. The normalized spacial score (nSPS) is 10.7. The Morgan fingerprint density at radius 1 is 1.15 bits per heavy atom. The molecule has 1 aromatic heterocycles. The summed E-state index contributed by atoms with van der Waals surface area (Å²) in [5.74, 6) is 1.28. The van der Waals surface area contributed by atoms with Crippen LogP contribution in [0.1, 0.15) is 36.5 Å². The summed E-state index contributed by atoms with van der Waals surface area (Å²) in [7, 11) is 1.63. The zero-order valence-electron chi connectivity index (χ0n) is 15.0. The Bertz CT molecular complexity index is 892. The number of nitrogens with one attached hydrogen (secondary N) is 1. The molecule has 26 heavy (non-hydrogen) atoms. The molecule has 5 nitrogen and oxygen atoms in total. The molecule has 3 aromatic rings. The van der Waals surface area contributed by atoms with Gasteiger partial charge in [0.15, 0.2) is 5.13 Å². The van der Waals surface area contributed by atoms with Crippen LogP contribution in [0.25, 0.3) is 10.2 Å². The maximum atomic E-state index is 12.5. The number of hydrogen-bond acceptors (Lipinski definition) is 5. The number of rotatable bonds is 8. The van der Waals surface area contributed by atoms with Crippen molar-refractivity contribution in [3.8, 4) is 11.5 Å². The molecule has 0 unspecified atom stereocenters. The molecule has 1 heterocycles. The maximum Gasteiger partial charge on any atom is 0.257 e. The van der Waals surface area contributed by atoms with E-state index in [2.05, 4.69) is 17.2 Å².